The Labute approximate surface area is 131 Å². The predicted octanol–water partition coefficient (Wildman–Crippen LogP) is 2.32. The summed E-state index contributed by atoms with van der Waals surface area (Å²) < 4.78 is 39.9. The summed E-state index contributed by atoms with van der Waals surface area (Å²) in [6.45, 7) is 5.82. The summed E-state index contributed by atoms with van der Waals surface area (Å²) in [6.07, 6.45) is 0.533. The molecule has 0 aliphatic carbocycles. The van der Waals surface area contributed by atoms with E-state index in [1.165, 1.54) is 12.1 Å². The van der Waals surface area contributed by atoms with Crippen molar-refractivity contribution >= 4 is 27.2 Å². The van der Waals surface area contributed by atoms with Crippen molar-refractivity contribution in [3.63, 3.8) is 0 Å². The molecule has 0 radical (unpaired) electrons. The normalized spacial score (nSPS) is 12.4. The molecule has 0 saturated heterocycles. The zero-order valence-electron chi connectivity index (χ0n) is 12.4. The molecule has 118 valence electrons. The molecule has 1 rings (SSSR count). The van der Waals surface area contributed by atoms with Crippen molar-refractivity contribution in [3.8, 4) is 0 Å². The predicted molar refractivity (Wildman–Crippen MR) is 87.0 cm³/mol. The molecule has 0 unspecified atom stereocenters. The van der Waals surface area contributed by atoms with Crippen LogP contribution in [0.25, 0.3) is 0 Å². The molecule has 0 fully saturated rings. The quantitative estimate of drug-likeness (QED) is 0.784. The minimum absolute atomic E-state index is 0.0170. The Kier molecular flexibility index (Phi) is 5.83. The van der Waals surface area contributed by atoms with Crippen molar-refractivity contribution in [1.29, 1.82) is 0 Å². The van der Waals surface area contributed by atoms with E-state index in [1.807, 2.05) is 20.8 Å². The Morgan fingerprint density at radius 2 is 2.00 bits per heavy atom. The molecule has 0 spiro atoms. The molecule has 21 heavy (non-hydrogen) atoms. The Morgan fingerprint density at radius 1 is 1.38 bits per heavy atom. The van der Waals surface area contributed by atoms with E-state index in [4.69, 9.17) is 18.0 Å². The highest BCUT2D eigenvalue weighted by molar-refractivity contribution is 7.89. The lowest BCUT2D eigenvalue weighted by atomic mass is 9.94. The fourth-order valence-electron chi connectivity index (χ4n) is 1.54. The monoisotopic (exact) mass is 332 g/mol. The topological polar surface area (TPSA) is 72.2 Å². The highest BCUT2D eigenvalue weighted by Gasteiger charge is 2.17. The third-order valence-corrected chi connectivity index (χ3v) is 4.50. The van der Waals surface area contributed by atoms with Crippen molar-refractivity contribution in [1.82, 2.24) is 4.72 Å². The van der Waals surface area contributed by atoms with Gasteiger partial charge in [0.2, 0.25) is 10.0 Å². The zero-order chi connectivity index (χ0) is 16.3. The Hall–Kier alpha value is -1.05. The van der Waals surface area contributed by atoms with E-state index >= 15 is 0 Å². The van der Waals surface area contributed by atoms with Gasteiger partial charge in [0.1, 0.15) is 10.8 Å². The summed E-state index contributed by atoms with van der Waals surface area (Å²) in [5.41, 5.74) is 6.02. The number of sulfonamides is 1. The lowest BCUT2D eigenvalue weighted by Crippen LogP contribution is -2.28. The largest absolute Gasteiger partial charge is 0.389 e. The fourth-order valence-corrected chi connectivity index (χ4v) is 3.07. The van der Waals surface area contributed by atoms with Crippen molar-refractivity contribution in [2.24, 2.45) is 11.1 Å². The van der Waals surface area contributed by atoms with Crippen LogP contribution in [-0.2, 0) is 16.6 Å². The van der Waals surface area contributed by atoms with Crippen LogP contribution in [0.2, 0.25) is 0 Å². The summed E-state index contributed by atoms with van der Waals surface area (Å²) in [7, 11) is -3.42. The molecule has 0 bridgehead atoms. The number of benzene rings is 1. The van der Waals surface area contributed by atoms with Gasteiger partial charge in [-0.15, -0.1) is 0 Å². The molecule has 4 nitrogen and oxygen atoms in total. The number of nitrogens with two attached hydrogens (primary N) is 1. The van der Waals surface area contributed by atoms with Gasteiger partial charge in [0.15, 0.2) is 0 Å². The average Bonchev–Trinajstić information content (AvgIpc) is 2.34. The smallest absolute Gasteiger partial charge is 0.211 e. The molecule has 7 heteroatoms. The molecule has 0 saturated carbocycles. The second-order valence-electron chi connectivity index (χ2n) is 6.12. The Balaban J connectivity index is 2.69. The molecule has 0 atom stereocenters. The van der Waals surface area contributed by atoms with Gasteiger partial charge < -0.3 is 5.73 Å². The molecule has 0 aliphatic heterocycles. The lowest BCUT2D eigenvalue weighted by Gasteiger charge is -2.18. The molecule has 3 N–H and O–H groups in total. The number of rotatable bonds is 6. The average molecular weight is 332 g/mol. The van der Waals surface area contributed by atoms with Crippen molar-refractivity contribution in [2.75, 3.05) is 5.75 Å². The van der Waals surface area contributed by atoms with Crippen LogP contribution < -0.4 is 10.5 Å². The maximum atomic E-state index is 13.8. The van der Waals surface area contributed by atoms with E-state index in [0.29, 0.717) is 12.0 Å². The second-order valence-corrected chi connectivity index (χ2v) is 8.49. The van der Waals surface area contributed by atoms with Gasteiger partial charge in [0.05, 0.1) is 5.75 Å². The lowest BCUT2D eigenvalue weighted by molar-refractivity contribution is 0.396. The molecule has 0 heterocycles. The van der Waals surface area contributed by atoms with E-state index in [0.717, 1.165) is 0 Å². The van der Waals surface area contributed by atoms with Crippen LogP contribution in [0.15, 0.2) is 18.2 Å². The number of thiocarbonyl (C=S) groups is 1. The highest BCUT2D eigenvalue weighted by atomic mass is 32.2. The molecule has 0 amide bonds. The number of nitrogens with one attached hydrogen (secondary N) is 1. The molecule has 0 aromatic heterocycles. The van der Waals surface area contributed by atoms with Crippen LogP contribution in [0.1, 0.15) is 38.3 Å². The van der Waals surface area contributed by atoms with Crippen LogP contribution in [0.3, 0.4) is 0 Å². The van der Waals surface area contributed by atoms with Crippen LogP contribution in [-0.4, -0.2) is 19.2 Å². The number of halogens is 1. The van der Waals surface area contributed by atoms with E-state index < -0.39 is 15.8 Å². The zero-order valence-corrected chi connectivity index (χ0v) is 14.1. The van der Waals surface area contributed by atoms with E-state index in [2.05, 4.69) is 4.72 Å². The van der Waals surface area contributed by atoms with Gasteiger partial charge in [0.25, 0.3) is 0 Å². The van der Waals surface area contributed by atoms with Crippen LogP contribution in [0.4, 0.5) is 4.39 Å². The van der Waals surface area contributed by atoms with Gasteiger partial charge in [-0.3, -0.25) is 0 Å². The number of hydrogen-bond acceptors (Lipinski definition) is 3. The Morgan fingerprint density at radius 3 is 2.48 bits per heavy atom. The first kappa shape index (κ1) is 18.0. The van der Waals surface area contributed by atoms with Gasteiger partial charge in [-0.1, -0.05) is 45.1 Å². The summed E-state index contributed by atoms with van der Waals surface area (Å²) in [5.74, 6) is -0.512. The Bertz CT molecular complexity index is 622. The van der Waals surface area contributed by atoms with E-state index in [-0.39, 0.29) is 28.3 Å². The van der Waals surface area contributed by atoms with Crippen LogP contribution in [0.5, 0.6) is 0 Å². The van der Waals surface area contributed by atoms with E-state index in [1.54, 1.807) is 6.07 Å². The third kappa shape index (κ3) is 6.50. The SMILES string of the molecule is CC(C)(C)CCS(=O)(=O)NCc1ccc(C(N)=S)cc1F. The van der Waals surface area contributed by atoms with Crippen molar-refractivity contribution in [2.45, 2.75) is 33.7 Å². The van der Waals surface area contributed by atoms with Gasteiger partial charge in [-0.25, -0.2) is 17.5 Å². The first-order chi connectivity index (χ1) is 9.50. The van der Waals surface area contributed by atoms with Crippen LogP contribution >= 0.6 is 12.2 Å². The molecular weight excluding hydrogens is 311 g/mol. The minimum Gasteiger partial charge on any atom is -0.389 e. The maximum absolute atomic E-state index is 13.8. The first-order valence-corrected chi connectivity index (χ1v) is 8.62. The molecule has 1 aromatic carbocycles. The minimum atomic E-state index is -3.42. The van der Waals surface area contributed by atoms with Gasteiger partial charge >= 0.3 is 0 Å². The second kappa shape index (κ2) is 6.81. The first-order valence-electron chi connectivity index (χ1n) is 6.56. The molecule has 1 aromatic rings. The molecular formula is C14H21FN2O2S2. The third-order valence-electron chi connectivity index (χ3n) is 2.94. The molecule has 0 aliphatic rings. The fraction of sp³-hybridized carbons (Fsp3) is 0.500. The van der Waals surface area contributed by atoms with Gasteiger partial charge in [-0.2, -0.15) is 0 Å². The summed E-state index contributed by atoms with van der Waals surface area (Å²) in [6, 6.07) is 4.27. The van der Waals surface area contributed by atoms with Gasteiger partial charge in [0, 0.05) is 17.7 Å². The van der Waals surface area contributed by atoms with Crippen LogP contribution in [0, 0.1) is 11.2 Å². The number of hydrogen-bond donors (Lipinski definition) is 2. The highest BCUT2D eigenvalue weighted by Crippen LogP contribution is 2.19. The summed E-state index contributed by atoms with van der Waals surface area (Å²) in [4.78, 5) is 0.103. The van der Waals surface area contributed by atoms with Crippen molar-refractivity contribution in [3.05, 3.63) is 35.1 Å². The van der Waals surface area contributed by atoms with Crippen molar-refractivity contribution < 1.29 is 12.8 Å². The van der Waals surface area contributed by atoms with Gasteiger partial charge in [-0.05, 0) is 17.9 Å². The van der Waals surface area contributed by atoms with E-state index in [9.17, 15) is 12.8 Å². The summed E-state index contributed by atoms with van der Waals surface area (Å²) in [5, 5.41) is 0. The standard InChI is InChI=1S/C14H21FN2O2S2/c1-14(2,3)6-7-21(18,19)17-9-11-5-4-10(13(16)20)8-12(11)15/h4-5,8,17H,6-7,9H2,1-3H3,(H2,16,20). The summed E-state index contributed by atoms with van der Waals surface area (Å²) >= 11 is 4.76. The maximum Gasteiger partial charge on any atom is 0.211 e.